The zero-order valence-electron chi connectivity index (χ0n) is 12.5. The molecule has 0 amide bonds. The molecule has 0 saturated carbocycles. The van der Waals surface area contributed by atoms with E-state index >= 15 is 0 Å². The highest BCUT2D eigenvalue weighted by Gasteiger charge is 2.17. The average Bonchev–Trinajstić information content (AvgIpc) is 2.45. The highest BCUT2D eigenvalue weighted by Crippen LogP contribution is 2.24. The maximum atomic E-state index is 11.9. The Balaban J connectivity index is 2.80. The lowest BCUT2D eigenvalue weighted by Gasteiger charge is -2.12. The smallest absolute Gasteiger partial charge is 0.345 e. The number of aliphatic hydroxyl groups is 1. The SMILES string of the molecule is CCCCCC[C@H](O)c1cc(OC)c(COC)c(=O)o1. The van der Waals surface area contributed by atoms with Crippen LogP contribution >= 0.6 is 0 Å². The van der Waals surface area contributed by atoms with Crippen LogP contribution in [-0.4, -0.2) is 19.3 Å². The number of methoxy groups -OCH3 is 2. The van der Waals surface area contributed by atoms with Gasteiger partial charge in [0.25, 0.3) is 0 Å². The molecule has 20 heavy (non-hydrogen) atoms. The molecule has 0 aromatic carbocycles. The average molecular weight is 284 g/mol. The summed E-state index contributed by atoms with van der Waals surface area (Å²) in [7, 11) is 2.97. The van der Waals surface area contributed by atoms with Gasteiger partial charge in [-0.1, -0.05) is 32.6 Å². The number of aliphatic hydroxyl groups excluding tert-OH is 1. The highest BCUT2D eigenvalue weighted by atomic mass is 16.5. The molecule has 0 fully saturated rings. The van der Waals surface area contributed by atoms with E-state index < -0.39 is 11.7 Å². The number of hydrogen-bond donors (Lipinski definition) is 1. The third-order valence-electron chi connectivity index (χ3n) is 3.20. The van der Waals surface area contributed by atoms with Crippen molar-refractivity contribution in [2.24, 2.45) is 0 Å². The quantitative estimate of drug-likeness (QED) is 0.706. The van der Waals surface area contributed by atoms with E-state index in [1.54, 1.807) is 6.07 Å². The molecule has 114 valence electrons. The van der Waals surface area contributed by atoms with Gasteiger partial charge >= 0.3 is 5.63 Å². The topological polar surface area (TPSA) is 68.9 Å². The van der Waals surface area contributed by atoms with Crippen molar-refractivity contribution in [3.05, 3.63) is 27.8 Å². The Labute approximate surface area is 119 Å². The molecule has 1 aromatic heterocycles. The minimum Gasteiger partial charge on any atom is -0.496 e. The maximum absolute atomic E-state index is 11.9. The van der Waals surface area contributed by atoms with Gasteiger partial charge < -0.3 is 19.0 Å². The van der Waals surface area contributed by atoms with Crippen molar-refractivity contribution >= 4 is 0 Å². The summed E-state index contributed by atoms with van der Waals surface area (Å²) in [5, 5.41) is 10.1. The molecule has 1 heterocycles. The van der Waals surface area contributed by atoms with E-state index in [1.807, 2.05) is 0 Å². The molecule has 5 nitrogen and oxygen atoms in total. The second-order valence-corrected chi connectivity index (χ2v) is 4.78. The van der Waals surface area contributed by atoms with Crippen molar-refractivity contribution in [2.75, 3.05) is 14.2 Å². The predicted molar refractivity (Wildman–Crippen MR) is 76.0 cm³/mol. The van der Waals surface area contributed by atoms with Crippen LogP contribution in [0.5, 0.6) is 5.75 Å². The summed E-state index contributed by atoms with van der Waals surface area (Å²) in [6.07, 6.45) is 4.06. The van der Waals surface area contributed by atoms with Crippen molar-refractivity contribution in [1.82, 2.24) is 0 Å². The molecule has 0 spiro atoms. The first-order valence-corrected chi connectivity index (χ1v) is 7.01. The number of unbranched alkanes of at least 4 members (excludes halogenated alkanes) is 3. The van der Waals surface area contributed by atoms with E-state index in [1.165, 1.54) is 14.2 Å². The summed E-state index contributed by atoms with van der Waals surface area (Å²) in [4.78, 5) is 11.9. The van der Waals surface area contributed by atoms with Crippen LogP contribution in [0.25, 0.3) is 0 Å². The molecule has 1 N–H and O–H groups in total. The summed E-state index contributed by atoms with van der Waals surface area (Å²) in [5.74, 6) is 0.647. The van der Waals surface area contributed by atoms with Gasteiger partial charge in [-0.05, 0) is 6.42 Å². The zero-order chi connectivity index (χ0) is 15.0. The molecule has 1 aromatic rings. The summed E-state index contributed by atoms with van der Waals surface area (Å²) < 4.78 is 15.3. The zero-order valence-corrected chi connectivity index (χ0v) is 12.5. The lowest BCUT2D eigenvalue weighted by atomic mass is 10.1. The molecule has 5 heteroatoms. The highest BCUT2D eigenvalue weighted by molar-refractivity contribution is 5.31. The van der Waals surface area contributed by atoms with Crippen LogP contribution in [0.4, 0.5) is 0 Å². The van der Waals surface area contributed by atoms with Crippen LogP contribution in [0.1, 0.15) is 56.5 Å². The summed E-state index contributed by atoms with van der Waals surface area (Å²) in [5.41, 5.74) is -0.189. The normalized spacial score (nSPS) is 12.4. The fourth-order valence-electron chi connectivity index (χ4n) is 2.04. The fourth-order valence-corrected chi connectivity index (χ4v) is 2.04. The minimum absolute atomic E-state index is 0.123. The van der Waals surface area contributed by atoms with Crippen LogP contribution in [0.15, 0.2) is 15.3 Å². The Morgan fingerprint density at radius 3 is 2.65 bits per heavy atom. The third-order valence-corrected chi connectivity index (χ3v) is 3.20. The van der Waals surface area contributed by atoms with E-state index in [2.05, 4.69) is 6.92 Å². The van der Waals surface area contributed by atoms with Gasteiger partial charge in [0.2, 0.25) is 0 Å². The predicted octanol–water partition coefficient (Wildman–Crippen LogP) is 2.80. The summed E-state index contributed by atoms with van der Waals surface area (Å²) >= 11 is 0. The first-order chi connectivity index (χ1) is 9.63. The Morgan fingerprint density at radius 2 is 2.05 bits per heavy atom. The van der Waals surface area contributed by atoms with Gasteiger partial charge in [0.15, 0.2) is 0 Å². The molecule has 0 saturated heterocycles. The maximum Gasteiger partial charge on any atom is 0.345 e. The Kier molecular flexibility index (Phi) is 7.33. The van der Waals surface area contributed by atoms with Crippen LogP contribution in [0.3, 0.4) is 0 Å². The number of hydrogen-bond acceptors (Lipinski definition) is 5. The van der Waals surface area contributed by atoms with Crippen molar-refractivity contribution in [3.63, 3.8) is 0 Å². The van der Waals surface area contributed by atoms with Crippen LogP contribution in [-0.2, 0) is 11.3 Å². The van der Waals surface area contributed by atoms with Gasteiger partial charge in [-0.25, -0.2) is 4.79 Å². The molecular weight excluding hydrogens is 260 g/mol. The van der Waals surface area contributed by atoms with Crippen molar-refractivity contribution in [3.8, 4) is 5.75 Å². The van der Waals surface area contributed by atoms with E-state index in [9.17, 15) is 9.90 Å². The second-order valence-electron chi connectivity index (χ2n) is 4.78. The van der Waals surface area contributed by atoms with Gasteiger partial charge in [0.05, 0.1) is 13.7 Å². The van der Waals surface area contributed by atoms with Crippen LogP contribution < -0.4 is 10.4 Å². The fraction of sp³-hybridized carbons (Fsp3) is 0.667. The molecule has 0 unspecified atom stereocenters. The number of rotatable bonds is 9. The van der Waals surface area contributed by atoms with Gasteiger partial charge in [0, 0.05) is 13.2 Å². The number of ether oxygens (including phenoxy) is 2. The molecule has 0 aliphatic rings. The summed E-state index contributed by atoms with van der Waals surface area (Å²) in [6.45, 7) is 2.26. The van der Waals surface area contributed by atoms with Gasteiger partial charge in [-0.2, -0.15) is 0 Å². The third kappa shape index (κ3) is 4.65. The molecule has 0 aliphatic carbocycles. The van der Waals surface area contributed by atoms with Gasteiger partial charge in [-0.15, -0.1) is 0 Å². The van der Waals surface area contributed by atoms with E-state index in [4.69, 9.17) is 13.9 Å². The van der Waals surface area contributed by atoms with Crippen molar-refractivity contribution < 1.29 is 19.0 Å². The standard InChI is InChI=1S/C15H24O5/c1-4-5-6-7-8-12(16)14-9-13(19-3)11(10-18-2)15(17)20-14/h9,12,16H,4-8,10H2,1-3H3/t12-/m0/s1. The largest absolute Gasteiger partial charge is 0.496 e. The second kappa shape index (κ2) is 8.76. The lowest BCUT2D eigenvalue weighted by molar-refractivity contribution is 0.128. The van der Waals surface area contributed by atoms with Crippen molar-refractivity contribution in [2.45, 2.75) is 51.7 Å². The van der Waals surface area contributed by atoms with E-state index in [-0.39, 0.29) is 12.4 Å². The van der Waals surface area contributed by atoms with Gasteiger partial charge in [0.1, 0.15) is 23.2 Å². The molecule has 0 aliphatic heterocycles. The Hall–Kier alpha value is -1.33. The first-order valence-electron chi connectivity index (χ1n) is 7.01. The minimum atomic E-state index is -0.773. The van der Waals surface area contributed by atoms with Crippen molar-refractivity contribution in [1.29, 1.82) is 0 Å². The molecule has 0 radical (unpaired) electrons. The molecule has 0 bridgehead atoms. The van der Waals surface area contributed by atoms with E-state index in [0.717, 1.165) is 25.7 Å². The van der Waals surface area contributed by atoms with E-state index in [0.29, 0.717) is 17.7 Å². The molecule has 1 rings (SSSR count). The Morgan fingerprint density at radius 1 is 1.30 bits per heavy atom. The van der Waals surface area contributed by atoms with Crippen LogP contribution in [0, 0.1) is 0 Å². The molecular formula is C15H24O5. The monoisotopic (exact) mass is 284 g/mol. The Bertz CT molecular complexity index is 452. The summed E-state index contributed by atoms with van der Waals surface area (Å²) in [6, 6.07) is 1.57. The van der Waals surface area contributed by atoms with Crippen LogP contribution in [0.2, 0.25) is 0 Å². The molecule has 1 atom stereocenters. The first kappa shape index (κ1) is 16.7. The lowest BCUT2D eigenvalue weighted by Crippen LogP contribution is -2.13. The van der Waals surface area contributed by atoms with Gasteiger partial charge in [-0.3, -0.25) is 0 Å².